The van der Waals surface area contributed by atoms with Gasteiger partial charge in [0.05, 0.1) is 11.5 Å². The standard InChI is InChI=1S/C19H15ClN2O4/c20-16-9-8-14(12-17(16)22(24)25)19(23)21-10-11-26-18-7-3-5-13-4-1-2-6-15(13)18/h1-9,12H,10-11H2,(H,21,23). The smallest absolute Gasteiger partial charge is 0.288 e. The molecule has 0 saturated carbocycles. The van der Waals surface area contributed by atoms with Gasteiger partial charge in [0.2, 0.25) is 0 Å². The van der Waals surface area contributed by atoms with Gasteiger partial charge in [0, 0.05) is 17.0 Å². The minimum absolute atomic E-state index is 0.00848. The Morgan fingerprint density at radius 3 is 2.69 bits per heavy atom. The van der Waals surface area contributed by atoms with Gasteiger partial charge < -0.3 is 10.1 Å². The highest BCUT2D eigenvalue weighted by molar-refractivity contribution is 6.32. The summed E-state index contributed by atoms with van der Waals surface area (Å²) in [5.41, 5.74) is -0.127. The van der Waals surface area contributed by atoms with Crippen LogP contribution in [0.2, 0.25) is 5.02 Å². The fourth-order valence-corrected chi connectivity index (χ4v) is 2.73. The Labute approximate surface area is 154 Å². The van der Waals surface area contributed by atoms with Crippen molar-refractivity contribution in [2.75, 3.05) is 13.2 Å². The van der Waals surface area contributed by atoms with E-state index >= 15 is 0 Å². The third-order valence-electron chi connectivity index (χ3n) is 3.80. The van der Waals surface area contributed by atoms with Crippen molar-refractivity contribution >= 4 is 34.0 Å². The van der Waals surface area contributed by atoms with Crippen LogP contribution in [-0.4, -0.2) is 24.0 Å². The molecule has 0 aromatic heterocycles. The van der Waals surface area contributed by atoms with E-state index in [9.17, 15) is 14.9 Å². The highest BCUT2D eigenvalue weighted by Crippen LogP contribution is 2.26. The van der Waals surface area contributed by atoms with Crippen LogP contribution in [0.1, 0.15) is 10.4 Å². The predicted octanol–water partition coefficient (Wildman–Crippen LogP) is 4.21. The van der Waals surface area contributed by atoms with Crippen molar-refractivity contribution in [1.29, 1.82) is 0 Å². The minimum atomic E-state index is -0.622. The van der Waals surface area contributed by atoms with E-state index in [0.717, 1.165) is 22.6 Å². The van der Waals surface area contributed by atoms with Crippen LogP contribution in [0.25, 0.3) is 10.8 Å². The Hall–Kier alpha value is -3.12. The Bertz CT molecular complexity index is 969. The van der Waals surface area contributed by atoms with Crippen molar-refractivity contribution < 1.29 is 14.5 Å². The van der Waals surface area contributed by atoms with E-state index in [1.54, 1.807) is 0 Å². The Morgan fingerprint density at radius 2 is 1.88 bits per heavy atom. The van der Waals surface area contributed by atoms with Gasteiger partial charge in [0.1, 0.15) is 17.4 Å². The number of benzene rings is 3. The number of hydrogen-bond acceptors (Lipinski definition) is 4. The number of nitrogens with one attached hydrogen (secondary N) is 1. The van der Waals surface area contributed by atoms with E-state index in [-0.39, 0.29) is 29.4 Å². The SMILES string of the molecule is O=C(NCCOc1cccc2ccccc12)c1ccc(Cl)c([N+](=O)[O-])c1. The number of ether oxygens (including phenoxy) is 1. The summed E-state index contributed by atoms with van der Waals surface area (Å²) in [7, 11) is 0. The lowest BCUT2D eigenvalue weighted by molar-refractivity contribution is -0.384. The van der Waals surface area contributed by atoms with Gasteiger partial charge in [-0.25, -0.2) is 0 Å². The molecule has 26 heavy (non-hydrogen) atoms. The zero-order chi connectivity index (χ0) is 18.5. The number of fused-ring (bicyclic) bond motifs is 1. The number of nitrogens with zero attached hydrogens (tertiary/aromatic N) is 1. The molecular formula is C19H15ClN2O4. The van der Waals surface area contributed by atoms with Gasteiger partial charge >= 0.3 is 0 Å². The monoisotopic (exact) mass is 370 g/mol. The summed E-state index contributed by atoms with van der Waals surface area (Å²) < 4.78 is 5.74. The molecule has 0 aliphatic heterocycles. The quantitative estimate of drug-likeness (QED) is 0.400. The van der Waals surface area contributed by atoms with E-state index in [1.807, 2.05) is 42.5 Å². The molecular weight excluding hydrogens is 356 g/mol. The van der Waals surface area contributed by atoms with Crippen LogP contribution < -0.4 is 10.1 Å². The van der Waals surface area contributed by atoms with Gasteiger partial charge in [0.15, 0.2) is 0 Å². The number of nitro groups is 1. The molecule has 1 N–H and O–H groups in total. The molecule has 0 radical (unpaired) electrons. The Kier molecular flexibility index (Phi) is 5.34. The van der Waals surface area contributed by atoms with Crippen LogP contribution in [0, 0.1) is 10.1 Å². The fraction of sp³-hybridized carbons (Fsp3) is 0.105. The van der Waals surface area contributed by atoms with E-state index < -0.39 is 10.8 Å². The summed E-state index contributed by atoms with van der Waals surface area (Å²) in [5, 5.41) is 15.6. The Balaban J connectivity index is 1.59. The highest BCUT2D eigenvalue weighted by Gasteiger charge is 2.16. The number of hydrogen-bond donors (Lipinski definition) is 1. The Morgan fingerprint density at radius 1 is 1.12 bits per heavy atom. The van der Waals surface area contributed by atoms with Gasteiger partial charge in [-0.3, -0.25) is 14.9 Å². The van der Waals surface area contributed by atoms with Gasteiger partial charge in [-0.05, 0) is 23.6 Å². The first-order valence-corrected chi connectivity index (χ1v) is 8.27. The zero-order valence-corrected chi connectivity index (χ0v) is 14.4. The lowest BCUT2D eigenvalue weighted by atomic mass is 10.1. The van der Waals surface area contributed by atoms with E-state index in [1.165, 1.54) is 12.1 Å². The molecule has 0 saturated heterocycles. The number of rotatable bonds is 6. The maximum atomic E-state index is 12.1. The second-order valence-electron chi connectivity index (χ2n) is 5.50. The van der Waals surface area contributed by atoms with Gasteiger partial charge in [-0.2, -0.15) is 0 Å². The van der Waals surface area contributed by atoms with Crippen molar-refractivity contribution in [1.82, 2.24) is 5.32 Å². The molecule has 0 aliphatic carbocycles. The summed E-state index contributed by atoms with van der Waals surface area (Å²) in [6.07, 6.45) is 0. The average molecular weight is 371 g/mol. The molecule has 3 aromatic carbocycles. The molecule has 132 valence electrons. The summed E-state index contributed by atoms with van der Waals surface area (Å²) >= 11 is 5.74. The molecule has 0 spiro atoms. The number of nitro benzene ring substituents is 1. The van der Waals surface area contributed by atoms with Crippen LogP contribution in [0.5, 0.6) is 5.75 Å². The van der Waals surface area contributed by atoms with Gasteiger partial charge in [-0.1, -0.05) is 48.0 Å². The summed E-state index contributed by atoms with van der Waals surface area (Å²) in [6.45, 7) is 0.536. The second kappa shape index (κ2) is 7.84. The normalized spacial score (nSPS) is 10.5. The lowest BCUT2D eigenvalue weighted by Crippen LogP contribution is -2.28. The maximum absolute atomic E-state index is 12.1. The van der Waals surface area contributed by atoms with Crippen molar-refractivity contribution in [3.63, 3.8) is 0 Å². The van der Waals surface area contributed by atoms with Crippen LogP contribution >= 0.6 is 11.6 Å². The van der Waals surface area contributed by atoms with E-state index in [0.29, 0.717) is 0 Å². The third kappa shape index (κ3) is 3.92. The molecule has 6 nitrogen and oxygen atoms in total. The predicted molar refractivity (Wildman–Crippen MR) is 99.9 cm³/mol. The van der Waals surface area contributed by atoms with Crippen LogP contribution in [-0.2, 0) is 0 Å². The number of amides is 1. The van der Waals surface area contributed by atoms with Gasteiger partial charge in [0.25, 0.3) is 11.6 Å². The molecule has 0 unspecified atom stereocenters. The maximum Gasteiger partial charge on any atom is 0.288 e. The molecule has 7 heteroatoms. The molecule has 0 atom stereocenters. The number of carbonyl (C=O) groups excluding carboxylic acids is 1. The largest absolute Gasteiger partial charge is 0.491 e. The van der Waals surface area contributed by atoms with Crippen molar-refractivity contribution in [2.45, 2.75) is 0 Å². The van der Waals surface area contributed by atoms with E-state index in [2.05, 4.69) is 5.32 Å². The molecule has 3 aromatic rings. The first-order chi connectivity index (χ1) is 12.6. The summed E-state index contributed by atoms with van der Waals surface area (Å²) in [6, 6.07) is 17.6. The lowest BCUT2D eigenvalue weighted by Gasteiger charge is -2.10. The molecule has 0 aliphatic rings. The van der Waals surface area contributed by atoms with E-state index in [4.69, 9.17) is 16.3 Å². The molecule has 0 fully saturated rings. The third-order valence-corrected chi connectivity index (χ3v) is 4.12. The fourth-order valence-electron chi connectivity index (χ4n) is 2.54. The highest BCUT2D eigenvalue weighted by atomic mass is 35.5. The first kappa shape index (κ1) is 17.7. The van der Waals surface area contributed by atoms with Gasteiger partial charge in [-0.15, -0.1) is 0 Å². The topological polar surface area (TPSA) is 81.5 Å². The van der Waals surface area contributed by atoms with Crippen molar-refractivity contribution in [3.05, 3.63) is 81.4 Å². The summed E-state index contributed by atoms with van der Waals surface area (Å²) in [4.78, 5) is 22.4. The van der Waals surface area contributed by atoms with Crippen molar-refractivity contribution in [2.24, 2.45) is 0 Å². The van der Waals surface area contributed by atoms with Crippen LogP contribution in [0.3, 0.4) is 0 Å². The number of carbonyl (C=O) groups is 1. The second-order valence-corrected chi connectivity index (χ2v) is 5.91. The average Bonchev–Trinajstić information content (AvgIpc) is 2.65. The molecule has 3 rings (SSSR count). The van der Waals surface area contributed by atoms with Crippen LogP contribution in [0.4, 0.5) is 5.69 Å². The molecule has 0 bridgehead atoms. The molecule has 1 amide bonds. The minimum Gasteiger partial charge on any atom is -0.491 e. The first-order valence-electron chi connectivity index (χ1n) is 7.89. The van der Waals surface area contributed by atoms with Crippen LogP contribution in [0.15, 0.2) is 60.7 Å². The molecule has 0 heterocycles. The zero-order valence-electron chi connectivity index (χ0n) is 13.6. The number of halogens is 1. The summed E-state index contributed by atoms with van der Waals surface area (Å²) in [5.74, 6) is 0.311. The van der Waals surface area contributed by atoms with Crippen molar-refractivity contribution in [3.8, 4) is 5.75 Å².